The second-order valence-corrected chi connectivity index (χ2v) is 14.5. The van der Waals surface area contributed by atoms with Crippen molar-refractivity contribution >= 4 is 69.9 Å². The number of nitrogens with zero attached hydrogens (tertiary/aromatic N) is 6. The Labute approximate surface area is 359 Å². The molecule has 0 amide bonds. The van der Waals surface area contributed by atoms with E-state index in [1.807, 2.05) is 27.7 Å². The van der Waals surface area contributed by atoms with Gasteiger partial charge in [0.2, 0.25) is 0 Å². The number of aromatic carboxylic acids is 1. The maximum absolute atomic E-state index is 11.9. The number of halogens is 2. The summed E-state index contributed by atoms with van der Waals surface area (Å²) >= 11 is 11.6. The van der Waals surface area contributed by atoms with Gasteiger partial charge in [-0.2, -0.15) is 10.2 Å². The van der Waals surface area contributed by atoms with Crippen LogP contribution in [0, 0.1) is 11.8 Å². The minimum absolute atomic E-state index is 0.0197. The molecule has 1 N–H and O–H groups in total. The molecule has 0 aromatic carbocycles. The highest BCUT2D eigenvalue weighted by atomic mass is 35.5. The Morgan fingerprint density at radius 2 is 1.15 bits per heavy atom. The van der Waals surface area contributed by atoms with Crippen molar-refractivity contribution in [3.05, 3.63) is 69.2 Å². The van der Waals surface area contributed by atoms with E-state index >= 15 is 0 Å². The number of ether oxygens (including phenoxy) is 4. The Bertz CT molecular complexity index is 2120. The van der Waals surface area contributed by atoms with Crippen molar-refractivity contribution in [2.45, 2.75) is 101 Å². The van der Waals surface area contributed by atoms with E-state index in [1.165, 1.54) is 23.2 Å². The van der Waals surface area contributed by atoms with E-state index < -0.39 is 17.9 Å². The van der Waals surface area contributed by atoms with Gasteiger partial charge in [0.1, 0.15) is 24.0 Å². The zero-order valence-corrected chi connectivity index (χ0v) is 37.7. The number of carbonyl (C=O) groups is 6. The van der Waals surface area contributed by atoms with Crippen LogP contribution in [-0.2, 0) is 38.1 Å². The zero-order valence-electron chi connectivity index (χ0n) is 36.2. The molecule has 60 heavy (non-hydrogen) atoms. The first-order valence-corrected chi connectivity index (χ1v) is 20.1. The van der Waals surface area contributed by atoms with Crippen LogP contribution in [0.5, 0.6) is 0 Å². The van der Waals surface area contributed by atoms with Gasteiger partial charge in [0.05, 0.1) is 48.9 Å². The van der Waals surface area contributed by atoms with E-state index in [-0.39, 0.29) is 65.4 Å². The SMILES string of the molecule is CC(C)c1c(C(=O)O)cnc2cc(Cl)nn12.CCOC(=O)CC(=O)C(C)C.CCOC(=O)c1cnc2cc(Cl)nn2c1C(C)C.CCOC=C(C(=O)OCC)C(=O)C(C)C. The number of aromatic nitrogens is 6. The first-order valence-electron chi connectivity index (χ1n) is 19.4. The summed E-state index contributed by atoms with van der Waals surface area (Å²) in [5.41, 5.74) is 3.10. The fourth-order valence-electron chi connectivity index (χ4n) is 4.94. The summed E-state index contributed by atoms with van der Waals surface area (Å²) in [6.45, 7) is 23.0. The standard InChI is InChI=1S/C12H14ClN3O2.C11H18O4.C10H10ClN3O2.C8H14O3/c1-4-18-12(17)8-6-14-10-5-9(13)15-16(10)11(8)7(2)3;1-5-14-7-9(10(12)8(3)4)11(13)15-6-2;1-5(2)9-6(10(15)16)4-12-8-3-7(11)13-14(8)9;1-4-11-8(10)5-7(9)6(2)3/h5-7H,4H2,1-3H3;7-8H,5-6H2,1-4H3;3-5H,1-2H3,(H,15,16);6H,4-5H2,1-3H3. The molecule has 0 saturated carbocycles. The van der Waals surface area contributed by atoms with Crippen molar-refractivity contribution in [3.8, 4) is 0 Å². The lowest BCUT2D eigenvalue weighted by Crippen LogP contribution is -2.20. The Morgan fingerprint density at radius 1 is 0.683 bits per heavy atom. The molecule has 0 fully saturated rings. The second-order valence-electron chi connectivity index (χ2n) is 13.8. The summed E-state index contributed by atoms with van der Waals surface area (Å²) in [6.07, 6.45) is 3.94. The summed E-state index contributed by atoms with van der Waals surface area (Å²) < 4.78 is 22.4. The lowest BCUT2D eigenvalue weighted by atomic mass is 10.0. The maximum atomic E-state index is 11.9. The Balaban J connectivity index is 0.000000406. The molecule has 0 radical (unpaired) electrons. The van der Waals surface area contributed by atoms with Gasteiger partial charge in [-0.25, -0.2) is 33.4 Å². The molecule has 330 valence electrons. The third-order valence-corrected chi connectivity index (χ3v) is 8.09. The van der Waals surface area contributed by atoms with E-state index in [0.29, 0.717) is 52.7 Å². The number of carboxylic acids is 1. The normalized spacial score (nSPS) is 11.0. The largest absolute Gasteiger partial charge is 0.500 e. The second kappa shape index (κ2) is 25.9. The zero-order chi connectivity index (χ0) is 45.9. The number of carboxylic acid groups (broad SMARTS) is 1. The predicted octanol–water partition coefficient (Wildman–Crippen LogP) is 7.75. The Kier molecular flexibility index (Phi) is 22.7. The molecule has 17 nitrogen and oxygen atoms in total. The number of fused-ring (bicyclic) bond motifs is 2. The topological polar surface area (TPSA) is 220 Å². The van der Waals surface area contributed by atoms with E-state index in [1.54, 1.807) is 72.0 Å². The van der Waals surface area contributed by atoms with Crippen LogP contribution < -0.4 is 0 Å². The average Bonchev–Trinajstić information content (AvgIpc) is 3.75. The first-order chi connectivity index (χ1) is 28.2. The quantitative estimate of drug-likeness (QED) is 0.0301. The van der Waals surface area contributed by atoms with Crippen molar-refractivity contribution in [1.29, 1.82) is 0 Å². The average molecular weight is 880 g/mol. The predicted molar refractivity (Wildman–Crippen MR) is 224 cm³/mol. The van der Waals surface area contributed by atoms with Crippen LogP contribution in [-0.4, -0.2) is 96.2 Å². The number of rotatable bonds is 15. The number of esters is 3. The van der Waals surface area contributed by atoms with Crippen molar-refractivity contribution in [2.75, 3.05) is 26.4 Å². The number of hydrogen-bond acceptors (Lipinski definition) is 14. The summed E-state index contributed by atoms with van der Waals surface area (Å²) in [7, 11) is 0. The smallest absolute Gasteiger partial charge is 0.344 e. The first kappa shape index (κ1) is 52.6. The van der Waals surface area contributed by atoms with Crippen LogP contribution in [0.3, 0.4) is 0 Å². The van der Waals surface area contributed by atoms with Gasteiger partial charge in [0, 0.05) is 36.4 Å². The molecule has 0 aliphatic heterocycles. The van der Waals surface area contributed by atoms with Crippen LogP contribution in [0.25, 0.3) is 11.3 Å². The van der Waals surface area contributed by atoms with Crippen LogP contribution in [0.4, 0.5) is 0 Å². The summed E-state index contributed by atoms with van der Waals surface area (Å²) in [4.78, 5) is 75.8. The number of carbonyl (C=O) groups excluding carboxylic acids is 5. The highest BCUT2D eigenvalue weighted by Crippen LogP contribution is 2.23. The maximum Gasteiger partial charge on any atom is 0.344 e. The molecule has 0 spiro atoms. The molecule has 4 aromatic heterocycles. The number of hydrogen-bond donors (Lipinski definition) is 1. The van der Waals surface area contributed by atoms with E-state index in [9.17, 15) is 28.8 Å². The fourth-order valence-corrected chi connectivity index (χ4v) is 5.29. The summed E-state index contributed by atoms with van der Waals surface area (Å²) in [5, 5.41) is 17.9. The molecule has 4 aromatic rings. The third-order valence-electron chi connectivity index (χ3n) is 7.72. The van der Waals surface area contributed by atoms with Crippen molar-refractivity contribution < 1.29 is 52.8 Å². The van der Waals surface area contributed by atoms with Gasteiger partial charge >= 0.3 is 23.9 Å². The highest BCUT2D eigenvalue weighted by molar-refractivity contribution is 6.30. The van der Waals surface area contributed by atoms with Gasteiger partial charge in [-0.05, 0) is 39.5 Å². The number of Topliss-reactive ketones (excluding diaryl/α,β-unsaturated/α-hetero) is 2. The molecule has 19 heteroatoms. The van der Waals surface area contributed by atoms with Gasteiger partial charge in [0.15, 0.2) is 27.4 Å². The fraction of sp³-hybridized carbons (Fsp3) is 0.512. The van der Waals surface area contributed by atoms with Crippen molar-refractivity contribution in [2.24, 2.45) is 11.8 Å². The lowest BCUT2D eigenvalue weighted by Gasteiger charge is -2.12. The van der Waals surface area contributed by atoms with Gasteiger partial charge < -0.3 is 24.1 Å². The Hall–Kier alpha value is -5.42. The van der Waals surface area contributed by atoms with E-state index in [2.05, 4.69) is 24.9 Å². The molecule has 0 atom stereocenters. The van der Waals surface area contributed by atoms with Gasteiger partial charge in [0.25, 0.3) is 0 Å². The molecule has 0 aliphatic rings. The summed E-state index contributed by atoms with van der Waals surface area (Å²) in [6, 6.07) is 3.25. The minimum Gasteiger partial charge on any atom is -0.500 e. The molecule has 0 saturated heterocycles. The van der Waals surface area contributed by atoms with Crippen LogP contribution in [0.1, 0.15) is 133 Å². The molecular formula is C41H56Cl2N6O11. The molecular weight excluding hydrogens is 823 g/mol. The van der Waals surface area contributed by atoms with E-state index in [4.69, 9.17) is 42.5 Å². The van der Waals surface area contributed by atoms with Crippen LogP contribution in [0.2, 0.25) is 10.3 Å². The van der Waals surface area contributed by atoms with E-state index in [0.717, 1.165) is 5.69 Å². The minimum atomic E-state index is -1.01. The van der Waals surface area contributed by atoms with Crippen molar-refractivity contribution in [1.82, 2.24) is 29.2 Å². The van der Waals surface area contributed by atoms with Gasteiger partial charge in [-0.15, -0.1) is 0 Å². The van der Waals surface area contributed by atoms with Gasteiger partial charge in [-0.3, -0.25) is 14.4 Å². The summed E-state index contributed by atoms with van der Waals surface area (Å²) in [5.74, 6) is -2.98. The monoisotopic (exact) mass is 878 g/mol. The molecule has 0 bridgehead atoms. The number of ketones is 2. The lowest BCUT2D eigenvalue weighted by molar-refractivity contribution is -0.146. The molecule has 0 aliphatic carbocycles. The van der Waals surface area contributed by atoms with Crippen LogP contribution in [0.15, 0.2) is 36.4 Å². The highest BCUT2D eigenvalue weighted by Gasteiger charge is 2.23. The molecule has 0 unspecified atom stereocenters. The Morgan fingerprint density at radius 3 is 1.55 bits per heavy atom. The van der Waals surface area contributed by atoms with Crippen molar-refractivity contribution in [3.63, 3.8) is 0 Å². The molecule has 4 heterocycles. The molecule has 4 rings (SSSR count). The third kappa shape index (κ3) is 16.0. The van der Waals surface area contributed by atoms with Crippen LogP contribution >= 0.6 is 23.2 Å². The van der Waals surface area contributed by atoms with Gasteiger partial charge in [-0.1, -0.05) is 78.6 Å².